The molecule has 3 heterocycles. The van der Waals surface area contributed by atoms with Crippen molar-refractivity contribution in [2.75, 3.05) is 0 Å². The van der Waals surface area contributed by atoms with Crippen LogP contribution in [0.25, 0.3) is 112 Å². The van der Waals surface area contributed by atoms with Crippen molar-refractivity contribution in [2.24, 2.45) is 0 Å². The smallest absolute Gasteiger partial charge is 0.164 e. The second-order valence-corrected chi connectivity index (χ2v) is 15.3. The van der Waals surface area contributed by atoms with Crippen molar-refractivity contribution in [1.29, 1.82) is 0 Å². The van der Waals surface area contributed by atoms with E-state index in [-0.39, 0.29) is 0 Å². The summed E-state index contributed by atoms with van der Waals surface area (Å²) in [6.45, 7) is 0. The fraction of sp³-hybridized carbons (Fsp3) is 0. The summed E-state index contributed by atoms with van der Waals surface area (Å²) < 4.78 is 0. The Kier molecular flexibility index (Phi) is 9.45. The molecule has 8 aromatic carbocycles. The third-order valence-corrected chi connectivity index (χ3v) is 11.4. The van der Waals surface area contributed by atoms with Gasteiger partial charge in [-0.3, -0.25) is 9.97 Å². The normalized spacial score (nSPS) is 11.2. The average molecular weight is 792 g/mol. The highest BCUT2D eigenvalue weighted by Crippen LogP contribution is 2.39. The van der Waals surface area contributed by atoms with Crippen molar-refractivity contribution in [3.05, 3.63) is 225 Å². The maximum absolute atomic E-state index is 5.26. The van der Waals surface area contributed by atoms with Gasteiger partial charge in [-0.15, -0.1) is 0 Å². The molecular formula is C57H37N5. The molecule has 0 N–H and O–H groups in total. The molecule has 5 heteroatoms. The summed E-state index contributed by atoms with van der Waals surface area (Å²) in [6.07, 6.45) is 3.64. The van der Waals surface area contributed by atoms with Gasteiger partial charge in [0, 0.05) is 40.2 Å². The summed E-state index contributed by atoms with van der Waals surface area (Å²) in [6, 6.07) is 74.0. The molecular weight excluding hydrogens is 755 g/mol. The molecule has 62 heavy (non-hydrogen) atoms. The Labute approximate surface area is 359 Å². The zero-order valence-electron chi connectivity index (χ0n) is 33.6. The Morgan fingerprint density at radius 3 is 1.24 bits per heavy atom. The molecule has 0 radical (unpaired) electrons. The summed E-state index contributed by atoms with van der Waals surface area (Å²) in [5, 5.41) is 4.81. The molecule has 0 aliphatic heterocycles. The summed E-state index contributed by atoms with van der Waals surface area (Å²) in [5.41, 5.74) is 13.2. The lowest BCUT2D eigenvalue weighted by molar-refractivity contribution is 1.07. The van der Waals surface area contributed by atoms with E-state index in [0.29, 0.717) is 17.5 Å². The van der Waals surface area contributed by atoms with Gasteiger partial charge in [0.05, 0.1) is 11.4 Å². The number of fused-ring (bicyclic) bond motifs is 3. The minimum Gasteiger partial charge on any atom is -0.256 e. The Balaban J connectivity index is 1.10. The first-order chi connectivity index (χ1) is 30.7. The lowest BCUT2D eigenvalue weighted by Gasteiger charge is -2.15. The van der Waals surface area contributed by atoms with Crippen LogP contribution in [-0.2, 0) is 0 Å². The van der Waals surface area contributed by atoms with Gasteiger partial charge in [-0.2, -0.15) is 0 Å². The van der Waals surface area contributed by atoms with Crippen molar-refractivity contribution < 1.29 is 0 Å². The van der Waals surface area contributed by atoms with E-state index in [1.807, 2.05) is 54.9 Å². The highest BCUT2D eigenvalue weighted by atomic mass is 15.0. The van der Waals surface area contributed by atoms with Crippen LogP contribution in [0.1, 0.15) is 0 Å². The fourth-order valence-electron chi connectivity index (χ4n) is 8.27. The maximum atomic E-state index is 5.26. The average Bonchev–Trinajstić information content (AvgIpc) is 3.37. The van der Waals surface area contributed by atoms with Crippen molar-refractivity contribution in [2.45, 2.75) is 0 Å². The van der Waals surface area contributed by atoms with Crippen LogP contribution in [-0.4, -0.2) is 24.9 Å². The van der Waals surface area contributed by atoms with Crippen molar-refractivity contribution >= 4 is 21.5 Å². The van der Waals surface area contributed by atoms with Crippen LogP contribution in [0.3, 0.4) is 0 Å². The van der Waals surface area contributed by atoms with Gasteiger partial charge < -0.3 is 0 Å². The monoisotopic (exact) mass is 791 g/mol. The SMILES string of the molecule is c1ccc(-c2ccc(-c3nc(-c4ccc(-c5ccccn5)cc4)nc(-c4cc(-c5ccc(-c6ccccn6)cc5)cc(-c5cc6ccccc6c6ccccc56)c4)n3)cc2)cc1. The van der Waals surface area contributed by atoms with Gasteiger partial charge in [0.2, 0.25) is 0 Å². The third-order valence-electron chi connectivity index (χ3n) is 11.4. The molecule has 0 bridgehead atoms. The molecule has 3 aromatic heterocycles. The zero-order valence-corrected chi connectivity index (χ0v) is 33.6. The highest BCUT2D eigenvalue weighted by Gasteiger charge is 2.17. The van der Waals surface area contributed by atoms with Crippen LogP contribution < -0.4 is 0 Å². The van der Waals surface area contributed by atoms with Gasteiger partial charge in [0.25, 0.3) is 0 Å². The molecule has 0 aliphatic carbocycles. The predicted molar refractivity (Wildman–Crippen MR) is 254 cm³/mol. The van der Waals surface area contributed by atoms with Gasteiger partial charge in [0.15, 0.2) is 17.5 Å². The van der Waals surface area contributed by atoms with Gasteiger partial charge in [0.1, 0.15) is 0 Å². The van der Waals surface area contributed by atoms with E-state index < -0.39 is 0 Å². The number of hydrogen-bond acceptors (Lipinski definition) is 5. The molecule has 0 spiro atoms. The summed E-state index contributed by atoms with van der Waals surface area (Å²) in [5.74, 6) is 1.78. The lowest BCUT2D eigenvalue weighted by Crippen LogP contribution is -2.01. The number of nitrogens with zero attached hydrogens (tertiary/aromatic N) is 5. The summed E-state index contributed by atoms with van der Waals surface area (Å²) >= 11 is 0. The molecule has 0 saturated carbocycles. The molecule has 0 amide bonds. The first-order valence-corrected chi connectivity index (χ1v) is 20.7. The maximum Gasteiger partial charge on any atom is 0.164 e. The van der Waals surface area contributed by atoms with Crippen LogP contribution in [0.15, 0.2) is 225 Å². The molecule has 0 saturated heterocycles. The van der Waals surface area contributed by atoms with Crippen molar-refractivity contribution in [1.82, 2.24) is 24.9 Å². The third kappa shape index (κ3) is 7.18. The fourth-order valence-corrected chi connectivity index (χ4v) is 8.27. The Hall–Kier alpha value is -8.41. The number of aromatic nitrogens is 5. The minimum atomic E-state index is 0.587. The van der Waals surface area contributed by atoms with Crippen LogP contribution in [0.4, 0.5) is 0 Å². The number of hydrogen-bond donors (Lipinski definition) is 0. The Morgan fingerprint density at radius 2 is 0.661 bits per heavy atom. The lowest BCUT2D eigenvalue weighted by atomic mass is 9.90. The van der Waals surface area contributed by atoms with Crippen molar-refractivity contribution in [3.63, 3.8) is 0 Å². The molecule has 290 valence electrons. The van der Waals surface area contributed by atoms with E-state index >= 15 is 0 Å². The van der Waals surface area contributed by atoms with Crippen LogP contribution in [0.2, 0.25) is 0 Å². The quantitative estimate of drug-likeness (QED) is 0.143. The molecule has 0 atom stereocenters. The molecule has 0 unspecified atom stereocenters. The van der Waals surface area contributed by atoms with Gasteiger partial charge in [-0.1, -0.05) is 164 Å². The molecule has 11 aromatic rings. The Bertz CT molecular complexity index is 3250. The first kappa shape index (κ1) is 36.7. The largest absolute Gasteiger partial charge is 0.256 e. The summed E-state index contributed by atoms with van der Waals surface area (Å²) in [4.78, 5) is 24.8. The van der Waals surface area contributed by atoms with E-state index in [4.69, 9.17) is 15.0 Å². The second-order valence-electron chi connectivity index (χ2n) is 15.3. The number of benzene rings is 8. The van der Waals surface area contributed by atoms with Crippen molar-refractivity contribution in [3.8, 4) is 90.1 Å². The van der Waals surface area contributed by atoms with E-state index in [2.05, 4.69) is 180 Å². The second kappa shape index (κ2) is 16.0. The minimum absolute atomic E-state index is 0.587. The molecule has 11 rings (SSSR count). The van der Waals surface area contributed by atoms with Crippen LogP contribution in [0, 0.1) is 0 Å². The first-order valence-electron chi connectivity index (χ1n) is 20.7. The molecule has 0 aliphatic rings. The summed E-state index contributed by atoms with van der Waals surface area (Å²) in [7, 11) is 0. The van der Waals surface area contributed by atoms with Gasteiger partial charge >= 0.3 is 0 Å². The standard InChI is InChI=1S/C57H37N5/c1-2-12-38(13-3-1)39-22-28-43(29-23-39)55-60-56(44-30-26-42(27-31-44)54-19-9-11-33-59-54)62-57(61-55)48-35-46(40-20-24-41(25-21-40)53-18-8-10-32-58-53)34-47(36-48)52-37-45-14-4-5-15-49(45)50-16-6-7-17-51(50)52/h1-37H. The van der Waals surface area contributed by atoms with Gasteiger partial charge in [-0.25, -0.2) is 15.0 Å². The van der Waals surface area contributed by atoms with E-state index in [0.717, 1.165) is 72.6 Å². The number of pyridine rings is 2. The van der Waals surface area contributed by atoms with Gasteiger partial charge in [-0.05, 0) is 103 Å². The highest BCUT2D eigenvalue weighted by molar-refractivity contribution is 6.14. The topological polar surface area (TPSA) is 64.5 Å². The van der Waals surface area contributed by atoms with Crippen LogP contribution in [0.5, 0.6) is 0 Å². The van der Waals surface area contributed by atoms with E-state index in [1.165, 1.54) is 21.5 Å². The zero-order chi connectivity index (χ0) is 41.2. The van der Waals surface area contributed by atoms with E-state index in [9.17, 15) is 0 Å². The molecule has 5 nitrogen and oxygen atoms in total. The molecule has 0 fully saturated rings. The van der Waals surface area contributed by atoms with E-state index in [1.54, 1.807) is 0 Å². The van der Waals surface area contributed by atoms with Crippen LogP contribution >= 0.6 is 0 Å². The number of rotatable bonds is 8. The predicted octanol–water partition coefficient (Wildman–Crippen LogP) is 14.3. The Morgan fingerprint density at radius 1 is 0.242 bits per heavy atom.